The zero-order chi connectivity index (χ0) is 27.5. The molecule has 0 bridgehead atoms. The number of carbonyl (C=O) groups is 1. The molecule has 39 heavy (non-hydrogen) atoms. The summed E-state index contributed by atoms with van der Waals surface area (Å²) in [5.41, 5.74) is 0.645. The van der Waals surface area contributed by atoms with Crippen molar-refractivity contribution in [3.63, 3.8) is 0 Å². The van der Waals surface area contributed by atoms with E-state index in [4.69, 9.17) is 28.4 Å². The molecule has 0 spiro atoms. The van der Waals surface area contributed by atoms with Crippen molar-refractivity contribution in [3.8, 4) is 0 Å². The summed E-state index contributed by atoms with van der Waals surface area (Å²) in [5.74, 6) is 0. The lowest BCUT2D eigenvalue weighted by Crippen LogP contribution is -2.74. The number of carbonyl (C=O) groups excluding carboxylic acids is 1. The fraction of sp³-hybridized carbons (Fsp3) is 0.367. The number of benzene rings is 3. The van der Waals surface area contributed by atoms with Gasteiger partial charge in [-0.25, -0.2) is 4.79 Å². The maximum Gasteiger partial charge on any atom is 0.409 e. The van der Waals surface area contributed by atoms with Gasteiger partial charge in [-0.2, -0.15) is 0 Å². The molecular formula is C30H35NO8. The molecule has 9 heteroatoms. The highest BCUT2D eigenvalue weighted by molar-refractivity contribution is 5.68. The predicted molar refractivity (Wildman–Crippen MR) is 142 cm³/mol. The van der Waals surface area contributed by atoms with Crippen molar-refractivity contribution in [2.75, 3.05) is 20.8 Å². The summed E-state index contributed by atoms with van der Waals surface area (Å²) >= 11 is 0. The maximum absolute atomic E-state index is 12.3. The SMILES string of the molecule is COC(=O)N[C@]1(O)[C@H](OC)O[C@H](COCc2ccccc2)[C@H](OCc2ccccc2)[C@@H]1OCc1ccccc1. The lowest BCUT2D eigenvalue weighted by atomic mass is 9.92. The Labute approximate surface area is 228 Å². The van der Waals surface area contributed by atoms with Crippen molar-refractivity contribution in [2.45, 2.75) is 50.1 Å². The Kier molecular flexibility index (Phi) is 10.4. The minimum atomic E-state index is -2.14. The molecule has 0 unspecified atom stereocenters. The van der Waals surface area contributed by atoms with Gasteiger partial charge >= 0.3 is 6.09 Å². The van der Waals surface area contributed by atoms with E-state index in [0.717, 1.165) is 16.7 Å². The Bertz CT molecular complexity index is 1130. The van der Waals surface area contributed by atoms with Crippen molar-refractivity contribution in [2.24, 2.45) is 0 Å². The van der Waals surface area contributed by atoms with E-state index >= 15 is 0 Å². The average Bonchev–Trinajstić information content (AvgIpc) is 2.97. The minimum absolute atomic E-state index is 0.119. The second-order valence-electron chi connectivity index (χ2n) is 9.16. The van der Waals surface area contributed by atoms with Crippen LogP contribution in [0.5, 0.6) is 0 Å². The Hall–Kier alpha value is -3.31. The van der Waals surface area contributed by atoms with Gasteiger partial charge in [-0.05, 0) is 16.7 Å². The first-order chi connectivity index (χ1) is 19.0. The molecule has 208 valence electrons. The van der Waals surface area contributed by atoms with Crippen LogP contribution in [0, 0.1) is 0 Å². The van der Waals surface area contributed by atoms with E-state index in [1.54, 1.807) is 0 Å². The quantitative estimate of drug-likeness (QED) is 0.337. The van der Waals surface area contributed by atoms with Crippen LogP contribution in [-0.4, -0.2) is 62.4 Å². The number of hydrogen-bond acceptors (Lipinski definition) is 8. The summed E-state index contributed by atoms with van der Waals surface area (Å²) in [7, 11) is 2.57. The summed E-state index contributed by atoms with van der Waals surface area (Å²) in [6, 6.07) is 28.8. The predicted octanol–water partition coefficient (Wildman–Crippen LogP) is 3.79. The van der Waals surface area contributed by atoms with Crippen molar-refractivity contribution in [3.05, 3.63) is 108 Å². The van der Waals surface area contributed by atoms with Gasteiger partial charge in [-0.15, -0.1) is 0 Å². The summed E-state index contributed by atoms with van der Waals surface area (Å²) in [5, 5.41) is 14.3. The van der Waals surface area contributed by atoms with Crippen molar-refractivity contribution >= 4 is 6.09 Å². The zero-order valence-corrected chi connectivity index (χ0v) is 22.1. The molecular weight excluding hydrogens is 502 g/mol. The van der Waals surface area contributed by atoms with E-state index in [1.165, 1.54) is 14.2 Å². The fourth-order valence-corrected chi connectivity index (χ4v) is 4.44. The summed E-state index contributed by atoms with van der Waals surface area (Å²) in [6.45, 7) is 0.814. The van der Waals surface area contributed by atoms with E-state index < -0.39 is 36.4 Å². The van der Waals surface area contributed by atoms with Crippen LogP contribution in [0.4, 0.5) is 4.79 Å². The van der Waals surface area contributed by atoms with Crippen LogP contribution < -0.4 is 5.32 Å². The number of nitrogens with one attached hydrogen (secondary N) is 1. The smallest absolute Gasteiger partial charge is 0.409 e. The normalized spacial score (nSPS) is 24.7. The van der Waals surface area contributed by atoms with Crippen molar-refractivity contribution in [1.82, 2.24) is 5.32 Å². The van der Waals surface area contributed by atoms with E-state index in [9.17, 15) is 9.90 Å². The number of hydrogen-bond donors (Lipinski definition) is 2. The van der Waals surface area contributed by atoms with Crippen LogP contribution in [0.1, 0.15) is 16.7 Å². The molecule has 9 nitrogen and oxygen atoms in total. The van der Waals surface area contributed by atoms with Gasteiger partial charge in [-0.1, -0.05) is 91.0 Å². The van der Waals surface area contributed by atoms with Gasteiger partial charge in [0.15, 0.2) is 0 Å². The molecule has 2 N–H and O–H groups in total. The third kappa shape index (κ3) is 7.63. The molecule has 3 aromatic rings. The van der Waals surface area contributed by atoms with Gasteiger partial charge in [-0.3, -0.25) is 5.32 Å². The Morgan fingerprint density at radius 2 is 1.33 bits per heavy atom. The van der Waals surface area contributed by atoms with Crippen LogP contribution >= 0.6 is 0 Å². The van der Waals surface area contributed by atoms with Gasteiger partial charge in [0, 0.05) is 7.11 Å². The highest BCUT2D eigenvalue weighted by Gasteiger charge is 2.59. The van der Waals surface area contributed by atoms with Crippen molar-refractivity contribution < 1.29 is 38.3 Å². The average molecular weight is 538 g/mol. The fourth-order valence-electron chi connectivity index (χ4n) is 4.44. The van der Waals surface area contributed by atoms with Crippen LogP contribution in [0.15, 0.2) is 91.0 Å². The molecule has 3 aromatic carbocycles. The zero-order valence-electron chi connectivity index (χ0n) is 22.1. The lowest BCUT2D eigenvalue weighted by molar-refractivity contribution is -0.357. The van der Waals surface area contributed by atoms with Crippen LogP contribution in [0.3, 0.4) is 0 Å². The standard InChI is InChI=1S/C30H35NO8/c1-34-28-30(33,31-29(32)35-2)27(38-20-24-16-10-5-11-17-24)26(37-19-23-14-8-4-9-15-23)25(39-28)21-36-18-22-12-6-3-7-13-22/h3-17,25-28,33H,18-21H2,1-2H3,(H,31,32)/t25-,26+,27+,28-,30-/m1/s1. The molecule has 1 heterocycles. The van der Waals surface area contributed by atoms with Crippen LogP contribution in [0.2, 0.25) is 0 Å². The minimum Gasteiger partial charge on any atom is -0.453 e. The number of methoxy groups -OCH3 is 2. The second kappa shape index (κ2) is 14.2. The first-order valence-corrected chi connectivity index (χ1v) is 12.7. The summed E-state index contributed by atoms with van der Waals surface area (Å²) < 4.78 is 35.1. The molecule has 0 saturated carbocycles. The molecule has 1 aliphatic rings. The number of amides is 1. The molecule has 1 amide bonds. The molecule has 1 aliphatic heterocycles. The highest BCUT2D eigenvalue weighted by atomic mass is 16.7. The Balaban J connectivity index is 1.62. The highest BCUT2D eigenvalue weighted by Crippen LogP contribution is 2.34. The largest absolute Gasteiger partial charge is 0.453 e. The van der Waals surface area contributed by atoms with Crippen LogP contribution in [0.25, 0.3) is 0 Å². The van der Waals surface area contributed by atoms with E-state index in [-0.39, 0.29) is 19.8 Å². The Morgan fingerprint density at radius 1 is 0.821 bits per heavy atom. The molecule has 0 aromatic heterocycles. The lowest BCUT2D eigenvalue weighted by Gasteiger charge is -2.50. The molecule has 0 aliphatic carbocycles. The molecule has 1 fully saturated rings. The van der Waals surface area contributed by atoms with E-state index in [0.29, 0.717) is 6.61 Å². The summed E-state index contributed by atoms with van der Waals surface area (Å²) in [6.07, 6.45) is -4.87. The number of ether oxygens (including phenoxy) is 6. The molecule has 4 rings (SSSR count). The molecule has 5 atom stereocenters. The first kappa shape index (κ1) is 28.7. The monoisotopic (exact) mass is 537 g/mol. The van der Waals surface area contributed by atoms with Gasteiger partial charge in [0.2, 0.25) is 12.0 Å². The second-order valence-corrected chi connectivity index (χ2v) is 9.16. The summed E-state index contributed by atoms with van der Waals surface area (Å²) in [4.78, 5) is 12.3. The number of rotatable bonds is 12. The van der Waals surface area contributed by atoms with Crippen LogP contribution in [-0.2, 0) is 48.2 Å². The van der Waals surface area contributed by atoms with Gasteiger partial charge in [0.25, 0.3) is 0 Å². The number of aliphatic hydroxyl groups is 1. The van der Waals surface area contributed by atoms with Crippen molar-refractivity contribution in [1.29, 1.82) is 0 Å². The molecule has 0 radical (unpaired) electrons. The topological polar surface area (TPSA) is 105 Å². The molecule has 1 saturated heterocycles. The van der Waals surface area contributed by atoms with Gasteiger partial charge in [0.05, 0.1) is 33.5 Å². The van der Waals surface area contributed by atoms with Gasteiger partial charge in [0.1, 0.15) is 18.3 Å². The maximum atomic E-state index is 12.3. The Morgan fingerprint density at radius 3 is 1.85 bits per heavy atom. The van der Waals surface area contributed by atoms with E-state index in [2.05, 4.69) is 5.32 Å². The first-order valence-electron chi connectivity index (χ1n) is 12.7. The van der Waals surface area contributed by atoms with Gasteiger partial charge < -0.3 is 33.5 Å². The number of alkyl carbamates (subject to hydrolysis) is 1. The van der Waals surface area contributed by atoms with E-state index in [1.807, 2.05) is 91.0 Å². The third-order valence-electron chi connectivity index (χ3n) is 6.41. The third-order valence-corrected chi connectivity index (χ3v) is 6.41.